The quantitative estimate of drug-likeness (QED) is 0.624. The Morgan fingerprint density at radius 3 is 3.10 bits per heavy atom. The van der Waals surface area contributed by atoms with Gasteiger partial charge >= 0.3 is 0 Å². The molecule has 0 aromatic rings. The molecule has 0 amide bonds. The lowest BCUT2D eigenvalue weighted by Gasteiger charge is -2.13. The normalized spacial score (nSPS) is 17.0. The van der Waals surface area contributed by atoms with E-state index in [1.54, 1.807) is 0 Å². The molecule has 0 saturated carbocycles. The second-order valence-corrected chi connectivity index (χ2v) is 2.27. The maximum Gasteiger partial charge on any atom is 0.187 e. The van der Waals surface area contributed by atoms with Crippen molar-refractivity contribution in [3.8, 4) is 0 Å². The molecule has 0 aromatic carbocycles. The first-order chi connectivity index (χ1) is 4.83. The molecule has 0 aromatic heterocycles. The van der Waals surface area contributed by atoms with Crippen LogP contribution in [0, 0.1) is 0 Å². The minimum absolute atomic E-state index is 0.728. The summed E-state index contributed by atoms with van der Waals surface area (Å²) in [5, 5.41) is 3.11. The molecule has 0 unspecified atom stereocenters. The Labute approximate surface area is 61.6 Å². The van der Waals surface area contributed by atoms with Crippen LogP contribution in [-0.2, 0) is 4.74 Å². The minimum Gasteiger partial charge on any atom is -0.479 e. The van der Waals surface area contributed by atoms with E-state index in [9.17, 15) is 0 Å². The van der Waals surface area contributed by atoms with Gasteiger partial charge in [0.2, 0.25) is 0 Å². The standard InChI is InChI=1S/C8H13NO/c1-3-10-8-6-7(2)4-5-9-8/h4,6,9H,3,5H2,1-2H3. The van der Waals surface area contributed by atoms with Crippen LogP contribution in [0.25, 0.3) is 0 Å². The van der Waals surface area contributed by atoms with Gasteiger partial charge < -0.3 is 10.1 Å². The summed E-state index contributed by atoms with van der Waals surface area (Å²) in [5.41, 5.74) is 1.27. The highest BCUT2D eigenvalue weighted by molar-refractivity contribution is 5.22. The average molecular weight is 139 g/mol. The molecule has 0 spiro atoms. The molecule has 0 fully saturated rings. The predicted octanol–water partition coefficient (Wildman–Crippen LogP) is 1.41. The first-order valence-corrected chi connectivity index (χ1v) is 3.58. The Hall–Kier alpha value is -0.920. The molecule has 1 heterocycles. The van der Waals surface area contributed by atoms with Crippen molar-refractivity contribution in [1.29, 1.82) is 0 Å². The number of hydrogen-bond acceptors (Lipinski definition) is 2. The van der Waals surface area contributed by atoms with E-state index >= 15 is 0 Å². The Balaban J connectivity index is 2.51. The number of allylic oxidation sites excluding steroid dienone is 2. The van der Waals surface area contributed by atoms with Gasteiger partial charge in [-0.2, -0.15) is 0 Å². The van der Waals surface area contributed by atoms with Crippen molar-refractivity contribution in [3.63, 3.8) is 0 Å². The van der Waals surface area contributed by atoms with Crippen molar-refractivity contribution in [2.75, 3.05) is 13.2 Å². The highest BCUT2D eigenvalue weighted by Gasteiger charge is 1.99. The molecule has 0 atom stereocenters. The number of nitrogens with one attached hydrogen (secondary N) is 1. The monoisotopic (exact) mass is 139 g/mol. The van der Waals surface area contributed by atoms with Crippen molar-refractivity contribution in [1.82, 2.24) is 5.32 Å². The first kappa shape index (κ1) is 7.19. The summed E-state index contributed by atoms with van der Waals surface area (Å²) in [6.07, 6.45) is 4.13. The molecule has 10 heavy (non-hydrogen) atoms. The molecule has 56 valence electrons. The Bertz CT molecular complexity index is 170. The molecule has 2 nitrogen and oxygen atoms in total. The highest BCUT2D eigenvalue weighted by atomic mass is 16.5. The van der Waals surface area contributed by atoms with Crippen LogP contribution >= 0.6 is 0 Å². The summed E-state index contributed by atoms with van der Waals surface area (Å²) in [6, 6.07) is 0. The second kappa shape index (κ2) is 3.30. The van der Waals surface area contributed by atoms with Gasteiger partial charge in [-0.15, -0.1) is 0 Å². The van der Waals surface area contributed by atoms with Crippen LogP contribution in [0.15, 0.2) is 23.6 Å². The van der Waals surface area contributed by atoms with Crippen LogP contribution in [0.4, 0.5) is 0 Å². The van der Waals surface area contributed by atoms with E-state index in [2.05, 4.69) is 18.3 Å². The van der Waals surface area contributed by atoms with E-state index < -0.39 is 0 Å². The Kier molecular flexibility index (Phi) is 2.37. The third-order valence-electron chi connectivity index (χ3n) is 1.36. The van der Waals surface area contributed by atoms with E-state index in [4.69, 9.17) is 4.74 Å². The fourth-order valence-corrected chi connectivity index (χ4v) is 0.878. The van der Waals surface area contributed by atoms with Crippen molar-refractivity contribution in [3.05, 3.63) is 23.6 Å². The summed E-state index contributed by atoms with van der Waals surface area (Å²) in [5.74, 6) is 0.891. The van der Waals surface area contributed by atoms with Gasteiger partial charge in [0, 0.05) is 12.6 Å². The van der Waals surface area contributed by atoms with Gasteiger partial charge in [-0.1, -0.05) is 6.08 Å². The largest absolute Gasteiger partial charge is 0.479 e. The molecule has 1 aliphatic rings. The van der Waals surface area contributed by atoms with E-state index in [-0.39, 0.29) is 0 Å². The molecule has 1 aliphatic heterocycles. The van der Waals surface area contributed by atoms with Crippen LogP contribution < -0.4 is 5.32 Å². The molecule has 1 rings (SSSR count). The summed E-state index contributed by atoms with van der Waals surface area (Å²) in [4.78, 5) is 0. The summed E-state index contributed by atoms with van der Waals surface area (Å²) in [7, 11) is 0. The molecule has 1 N–H and O–H groups in total. The van der Waals surface area contributed by atoms with Gasteiger partial charge in [0.05, 0.1) is 6.61 Å². The lowest BCUT2D eigenvalue weighted by molar-refractivity contribution is 0.207. The van der Waals surface area contributed by atoms with Gasteiger partial charge in [-0.25, -0.2) is 0 Å². The summed E-state index contributed by atoms with van der Waals surface area (Å²) >= 11 is 0. The zero-order valence-corrected chi connectivity index (χ0v) is 6.48. The topological polar surface area (TPSA) is 21.3 Å². The SMILES string of the molecule is CCOC1=CC(C)=CCN1. The Morgan fingerprint density at radius 1 is 1.70 bits per heavy atom. The van der Waals surface area contributed by atoms with Crippen LogP contribution in [0.1, 0.15) is 13.8 Å². The molecule has 0 aliphatic carbocycles. The Morgan fingerprint density at radius 2 is 2.50 bits per heavy atom. The zero-order valence-electron chi connectivity index (χ0n) is 6.48. The first-order valence-electron chi connectivity index (χ1n) is 3.58. The molecule has 0 radical (unpaired) electrons. The lowest BCUT2D eigenvalue weighted by Crippen LogP contribution is -2.18. The lowest BCUT2D eigenvalue weighted by atomic mass is 10.2. The summed E-state index contributed by atoms with van der Waals surface area (Å²) < 4.78 is 5.26. The number of ether oxygens (including phenoxy) is 1. The smallest absolute Gasteiger partial charge is 0.187 e. The molecular weight excluding hydrogens is 126 g/mol. The van der Waals surface area contributed by atoms with Crippen LogP contribution in [-0.4, -0.2) is 13.2 Å². The highest BCUT2D eigenvalue weighted by Crippen LogP contribution is 2.04. The third kappa shape index (κ3) is 1.79. The van der Waals surface area contributed by atoms with E-state index in [0.717, 1.165) is 19.0 Å². The van der Waals surface area contributed by atoms with E-state index in [0.29, 0.717) is 0 Å². The molecule has 0 bridgehead atoms. The van der Waals surface area contributed by atoms with Crippen LogP contribution in [0.2, 0.25) is 0 Å². The zero-order chi connectivity index (χ0) is 7.40. The fraction of sp³-hybridized carbons (Fsp3) is 0.500. The number of dihydropyridines is 1. The third-order valence-corrected chi connectivity index (χ3v) is 1.36. The second-order valence-electron chi connectivity index (χ2n) is 2.27. The van der Waals surface area contributed by atoms with Crippen molar-refractivity contribution < 1.29 is 4.74 Å². The molecular formula is C8H13NO. The van der Waals surface area contributed by atoms with E-state index in [1.807, 2.05) is 13.0 Å². The van der Waals surface area contributed by atoms with Crippen molar-refractivity contribution >= 4 is 0 Å². The van der Waals surface area contributed by atoms with Crippen molar-refractivity contribution in [2.24, 2.45) is 0 Å². The van der Waals surface area contributed by atoms with Gasteiger partial charge in [-0.05, 0) is 19.4 Å². The number of hydrogen-bond donors (Lipinski definition) is 1. The van der Waals surface area contributed by atoms with E-state index in [1.165, 1.54) is 5.57 Å². The minimum atomic E-state index is 0.728. The van der Waals surface area contributed by atoms with Crippen LogP contribution in [0.3, 0.4) is 0 Å². The predicted molar refractivity (Wildman–Crippen MR) is 41.5 cm³/mol. The fourth-order valence-electron chi connectivity index (χ4n) is 0.878. The maximum absolute atomic E-state index is 5.26. The molecule has 2 heteroatoms. The van der Waals surface area contributed by atoms with Crippen molar-refractivity contribution in [2.45, 2.75) is 13.8 Å². The van der Waals surface area contributed by atoms with Gasteiger partial charge in [-0.3, -0.25) is 0 Å². The average Bonchev–Trinajstić information content (AvgIpc) is 1.88. The van der Waals surface area contributed by atoms with Gasteiger partial charge in [0.1, 0.15) is 0 Å². The summed E-state index contributed by atoms with van der Waals surface area (Å²) in [6.45, 7) is 5.67. The number of rotatable bonds is 2. The van der Waals surface area contributed by atoms with Gasteiger partial charge in [0.25, 0.3) is 0 Å². The van der Waals surface area contributed by atoms with Crippen LogP contribution in [0.5, 0.6) is 0 Å². The maximum atomic E-state index is 5.26. The molecule has 0 saturated heterocycles. The van der Waals surface area contributed by atoms with Gasteiger partial charge in [0.15, 0.2) is 5.88 Å².